The maximum absolute atomic E-state index is 12.9. The normalized spacial score (nSPS) is 18.5. The van der Waals surface area contributed by atoms with E-state index >= 15 is 0 Å². The third-order valence-corrected chi connectivity index (χ3v) is 4.86. The van der Waals surface area contributed by atoms with Gasteiger partial charge in [-0.25, -0.2) is 9.59 Å². The van der Waals surface area contributed by atoms with E-state index in [-0.39, 0.29) is 25.7 Å². The molecule has 1 fully saturated rings. The van der Waals surface area contributed by atoms with Crippen LogP contribution in [0.5, 0.6) is 11.5 Å². The Hall–Kier alpha value is -3.21. The van der Waals surface area contributed by atoms with Gasteiger partial charge in [-0.3, -0.25) is 4.79 Å². The first-order valence-corrected chi connectivity index (χ1v) is 10.8. The smallest absolute Gasteiger partial charge is 0.410 e. The van der Waals surface area contributed by atoms with Gasteiger partial charge >= 0.3 is 12.2 Å². The zero-order valence-electron chi connectivity index (χ0n) is 19.4. The number of ether oxygens (including phenoxy) is 5. The van der Waals surface area contributed by atoms with Gasteiger partial charge in [-0.05, 0) is 32.9 Å². The zero-order valence-corrected chi connectivity index (χ0v) is 19.4. The molecule has 1 N–H and O–H groups in total. The molecule has 182 valence electrons. The number of likely N-dealkylation sites (N-methyl/N-ethyl adjacent to an activating group) is 1. The maximum atomic E-state index is 12.9. The lowest BCUT2D eigenvalue weighted by molar-refractivity contribution is -0.120. The number of amides is 3. The van der Waals surface area contributed by atoms with Crippen LogP contribution in [0.1, 0.15) is 20.8 Å². The van der Waals surface area contributed by atoms with Gasteiger partial charge in [0.25, 0.3) is 5.91 Å². The van der Waals surface area contributed by atoms with E-state index in [1.54, 1.807) is 50.9 Å². The second-order valence-corrected chi connectivity index (χ2v) is 8.60. The number of anilines is 1. The van der Waals surface area contributed by atoms with Crippen molar-refractivity contribution >= 4 is 23.8 Å². The number of morpholine rings is 1. The summed E-state index contributed by atoms with van der Waals surface area (Å²) in [6.07, 6.45) is -1.09. The number of rotatable bonds is 5. The molecule has 11 nitrogen and oxygen atoms in total. The van der Waals surface area contributed by atoms with Gasteiger partial charge in [0.15, 0.2) is 0 Å². The van der Waals surface area contributed by atoms with Gasteiger partial charge in [0.1, 0.15) is 43.0 Å². The molecule has 1 aromatic carbocycles. The summed E-state index contributed by atoms with van der Waals surface area (Å²) in [7, 11) is 1.59. The summed E-state index contributed by atoms with van der Waals surface area (Å²) in [5.74, 6) is 0.611. The molecule has 0 bridgehead atoms. The fourth-order valence-electron chi connectivity index (χ4n) is 3.25. The predicted octanol–water partition coefficient (Wildman–Crippen LogP) is 1.78. The Labute approximate surface area is 192 Å². The number of benzene rings is 1. The first-order valence-electron chi connectivity index (χ1n) is 10.8. The Balaban J connectivity index is 1.53. The number of fused-ring (bicyclic) bond motifs is 1. The maximum Gasteiger partial charge on any atom is 0.410 e. The molecule has 0 aromatic heterocycles. The molecule has 0 aliphatic carbocycles. The Bertz CT molecular complexity index is 864. The van der Waals surface area contributed by atoms with Crippen molar-refractivity contribution in [2.45, 2.75) is 32.4 Å². The van der Waals surface area contributed by atoms with E-state index in [1.807, 2.05) is 0 Å². The quantitative estimate of drug-likeness (QED) is 0.655. The Kier molecular flexibility index (Phi) is 7.85. The molecule has 1 saturated heterocycles. The summed E-state index contributed by atoms with van der Waals surface area (Å²) in [6, 6.07) is 4.14. The Morgan fingerprint density at radius 1 is 1.18 bits per heavy atom. The summed E-state index contributed by atoms with van der Waals surface area (Å²) in [5, 5.41) is 2.56. The molecular weight excluding hydrogens is 434 g/mol. The number of nitrogens with zero attached hydrogens (tertiary/aromatic N) is 2. The molecule has 1 aromatic rings. The van der Waals surface area contributed by atoms with Gasteiger partial charge in [0.2, 0.25) is 0 Å². The third-order valence-electron chi connectivity index (χ3n) is 4.86. The van der Waals surface area contributed by atoms with Crippen LogP contribution < -0.4 is 19.7 Å². The zero-order chi connectivity index (χ0) is 24.0. The lowest BCUT2D eigenvalue weighted by Crippen LogP contribution is -2.50. The standard InChI is InChI=1S/C22H31N3O8/c1-22(2,3)33-20(27)23-16-14-32-18-6-5-15(13-17(18)24(4)19(16)26)30-11-12-31-21(28)25-7-9-29-10-8-25/h5-6,13,16H,7-12,14H2,1-4H3,(H,23,27)/t16-/m0/s1. The lowest BCUT2D eigenvalue weighted by atomic mass is 10.2. The van der Waals surface area contributed by atoms with E-state index in [0.717, 1.165) is 0 Å². The van der Waals surface area contributed by atoms with Crippen molar-refractivity contribution in [3.8, 4) is 11.5 Å². The third kappa shape index (κ3) is 6.88. The fourth-order valence-corrected chi connectivity index (χ4v) is 3.25. The minimum Gasteiger partial charge on any atom is -0.490 e. The van der Waals surface area contributed by atoms with Crippen LogP contribution in [0.15, 0.2) is 18.2 Å². The molecular formula is C22H31N3O8. The Morgan fingerprint density at radius 2 is 1.91 bits per heavy atom. The van der Waals surface area contributed by atoms with Crippen molar-refractivity contribution in [1.29, 1.82) is 0 Å². The van der Waals surface area contributed by atoms with Crippen LogP contribution in [0.3, 0.4) is 0 Å². The van der Waals surface area contributed by atoms with Gasteiger partial charge in [-0.2, -0.15) is 0 Å². The molecule has 2 aliphatic heterocycles. The molecule has 0 unspecified atom stereocenters. The second kappa shape index (κ2) is 10.6. The van der Waals surface area contributed by atoms with Gasteiger partial charge in [-0.15, -0.1) is 0 Å². The van der Waals surface area contributed by atoms with E-state index in [2.05, 4.69) is 5.32 Å². The molecule has 11 heteroatoms. The molecule has 0 spiro atoms. The minimum atomic E-state index is -0.902. The first kappa shape index (κ1) is 24.4. The topological polar surface area (TPSA) is 116 Å². The molecule has 3 amide bonds. The van der Waals surface area contributed by atoms with Gasteiger partial charge in [-0.1, -0.05) is 0 Å². The fraction of sp³-hybridized carbons (Fsp3) is 0.591. The highest BCUT2D eigenvalue weighted by Gasteiger charge is 2.32. The molecule has 0 radical (unpaired) electrons. The van der Waals surface area contributed by atoms with Crippen molar-refractivity contribution in [2.24, 2.45) is 0 Å². The highest BCUT2D eigenvalue weighted by molar-refractivity contribution is 6.00. The van der Waals surface area contributed by atoms with Crippen molar-refractivity contribution in [2.75, 3.05) is 58.1 Å². The van der Waals surface area contributed by atoms with Crippen LogP contribution in [0.25, 0.3) is 0 Å². The number of hydrogen-bond donors (Lipinski definition) is 1. The second-order valence-electron chi connectivity index (χ2n) is 8.60. The summed E-state index contributed by atoms with van der Waals surface area (Å²) in [6.45, 7) is 7.45. The number of carbonyl (C=O) groups excluding carboxylic acids is 3. The van der Waals surface area contributed by atoms with Gasteiger partial charge in [0, 0.05) is 26.2 Å². The summed E-state index contributed by atoms with van der Waals surface area (Å²) < 4.78 is 27.1. The first-order chi connectivity index (χ1) is 15.6. The summed E-state index contributed by atoms with van der Waals surface area (Å²) in [4.78, 5) is 39.9. The molecule has 2 aliphatic rings. The number of alkyl carbamates (subject to hydrolysis) is 1. The van der Waals surface area contributed by atoms with Gasteiger partial charge < -0.3 is 38.8 Å². The molecule has 1 atom stereocenters. The Morgan fingerprint density at radius 3 is 2.61 bits per heavy atom. The van der Waals surface area contributed by atoms with Crippen LogP contribution >= 0.6 is 0 Å². The van der Waals surface area contributed by atoms with Crippen molar-refractivity contribution in [3.05, 3.63) is 18.2 Å². The molecule has 0 saturated carbocycles. The van der Waals surface area contributed by atoms with E-state index in [0.29, 0.717) is 43.5 Å². The van der Waals surface area contributed by atoms with Crippen LogP contribution in [0.4, 0.5) is 15.3 Å². The molecule has 33 heavy (non-hydrogen) atoms. The highest BCUT2D eigenvalue weighted by Crippen LogP contribution is 2.34. The van der Waals surface area contributed by atoms with Crippen LogP contribution in [-0.2, 0) is 19.0 Å². The SMILES string of the molecule is CN1C(=O)[C@@H](NC(=O)OC(C)(C)C)COc2ccc(OCCOC(=O)N3CCOCC3)cc21. The average Bonchev–Trinajstić information content (AvgIpc) is 2.88. The average molecular weight is 466 g/mol. The number of hydrogen-bond acceptors (Lipinski definition) is 8. The van der Waals surface area contributed by atoms with E-state index in [1.165, 1.54) is 4.90 Å². The van der Waals surface area contributed by atoms with Crippen molar-refractivity contribution in [3.63, 3.8) is 0 Å². The minimum absolute atomic E-state index is 0.0346. The molecule has 2 heterocycles. The molecule has 3 rings (SSSR count). The monoisotopic (exact) mass is 465 g/mol. The largest absolute Gasteiger partial charge is 0.490 e. The number of carbonyl (C=O) groups is 3. The summed E-state index contributed by atoms with van der Waals surface area (Å²) >= 11 is 0. The summed E-state index contributed by atoms with van der Waals surface area (Å²) in [5.41, 5.74) is -0.188. The number of nitrogens with one attached hydrogen (secondary N) is 1. The van der Waals surface area contributed by atoms with E-state index in [4.69, 9.17) is 23.7 Å². The van der Waals surface area contributed by atoms with Crippen LogP contribution in [0.2, 0.25) is 0 Å². The van der Waals surface area contributed by atoms with Crippen molar-refractivity contribution < 1.29 is 38.1 Å². The van der Waals surface area contributed by atoms with Gasteiger partial charge in [0.05, 0.1) is 18.9 Å². The van der Waals surface area contributed by atoms with Crippen molar-refractivity contribution in [1.82, 2.24) is 10.2 Å². The van der Waals surface area contributed by atoms with E-state index in [9.17, 15) is 14.4 Å². The predicted molar refractivity (Wildman–Crippen MR) is 118 cm³/mol. The van der Waals surface area contributed by atoms with Crippen LogP contribution in [-0.4, -0.2) is 87.8 Å². The van der Waals surface area contributed by atoms with E-state index < -0.39 is 23.8 Å². The lowest BCUT2D eigenvalue weighted by Gasteiger charge is -2.25. The highest BCUT2D eigenvalue weighted by atomic mass is 16.6. The van der Waals surface area contributed by atoms with Crippen LogP contribution in [0, 0.1) is 0 Å².